The number of rotatable bonds is 3. The molecule has 0 spiro atoms. The number of halogens is 1. The van der Waals surface area contributed by atoms with E-state index in [-0.39, 0.29) is 23.0 Å². The summed E-state index contributed by atoms with van der Waals surface area (Å²) in [6, 6.07) is 1.87. The zero-order valence-electron chi connectivity index (χ0n) is 13.8. The second-order valence-corrected chi connectivity index (χ2v) is 8.15. The molecule has 0 unspecified atom stereocenters. The molecule has 1 saturated carbocycles. The molecule has 0 radical (unpaired) electrons. The van der Waals surface area contributed by atoms with Crippen LogP contribution in [0.3, 0.4) is 0 Å². The lowest BCUT2D eigenvalue weighted by molar-refractivity contribution is -0.162. The van der Waals surface area contributed by atoms with Crippen LogP contribution in [0, 0.1) is 5.41 Å². The van der Waals surface area contributed by atoms with Crippen LogP contribution in [0.1, 0.15) is 39.5 Å². The van der Waals surface area contributed by atoms with Gasteiger partial charge in [-0.1, -0.05) is 0 Å². The lowest BCUT2D eigenvalue weighted by Gasteiger charge is -2.50. The molecule has 0 atom stereocenters. The normalized spacial score (nSPS) is 26.8. The van der Waals surface area contributed by atoms with E-state index >= 15 is 0 Å². The smallest absolute Gasteiger partial charge is 0.254 e. The molecule has 6 heteroatoms. The molecule has 3 rings (SSSR count). The van der Waals surface area contributed by atoms with Crippen LogP contribution in [0.15, 0.2) is 21.5 Å². The molecule has 23 heavy (non-hydrogen) atoms. The number of likely N-dealkylation sites (tertiary alicyclic amines) is 1. The molecule has 5 nitrogen and oxygen atoms in total. The fourth-order valence-electron chi connectivity index (χ4n) is 3.48. The Morgan fingerprint density at radius 3 is 2.43 bits per heavy atom. The van der Waals surface area contributed by atoms with Crippen molar-refractivity contribution < 1.29 is 9.53 Å². The van der Waals surface area contributed by atoms with Crippen molar-refractivity contribution >= 4 is 21.8 Å². The van der Waals surface area contributed by atoms with Gasteiger partial charge >= 0.3 is 0 Å². The molecule has 1 amide bonds. The molecule has 1 aromatic heterocycles. The number of amides is 1. The van der Waals surface area contributed by atoms with Crippen molar-refractivity contribution in [1.82, 2.24) is 9.47 Å². The Morgan fingerprint density at radius 2 is 1.87 bits per heavy atom. The molecule has 126 valence electrons. The van der Waals surface area contributed by atoms with Crippen LogP contribution in [-0.4, -0.2) is 34.1 Å². The highest BCUT2D eigenvalue weighted by Gasteiger charge is 2.47. The maximum Gasteiger partial charge on any atom is 0.254 e. The molecule has 0 aromatic carbocycles. The van der Waals surface area contributed by atoms with E-state index in [1.807, 2.05) is 18.7 Å². The summed E-state index contributed by atoms with van der Waals surface area (Å²) in [5.41, 5.74) is -0.257. The Kier molecular flexibility index (Phi) is 4.29. The third-order valence-corrected chi connectivity index (χ3v) is 5.52. The van der Waals surface area contributed by atoms with Gasteiger partial charge in [0.15, 0.2) is 0 Å². The van der Waals surface area contributed by atoms with Crippen molar-refractivity contribution in [2.45, 2.75) is 51.7 Å². The third-order valence-electron chi connectivity index (χ3n) is 4.93. The van der Waals surface area contributed by atoms with Crippen molar-refractivity contribution in [2.24, 2.45) is 12.5 Å². The predicted octanol–water partition coefficient (Wildman–Crippen LogP) is 2.71. The number of aromatic nitrogens is 1. The fourth-order valence-corrected chi connectivity index (χ4v) is 4.00. The molecular weight excluding hydrogens is 360 g/mol. The van der Waals surface area contributed by atoms with E-state index in [2.05, 4.69) is 15.9 Å². The van der Waals surface area contributed by atoms with Gasteiger partial charge in [-0.3, -0.25) is 9.59 Å². The first kappa shape index (κ1) is 16.6. The molecule has 1 aliphatic heterocycles. The Bertz CT molecular complexity index is 675. The number of aryl methyl sites for hydroxylation is 1. The Balaban J connectivity index is 1.57. The van der Waals surface area contributed by atoms with Gasteiger partial charge in [0.2, 0.25) is 5.91 Å². The minimum Gasteiger partial charge on any atom is -0.489 e. The highest BCUT2D eigenvalue weighted by molar-refractivity contribution is 9.10. The second-order valence-electron chi connectivity index (χ2n) is 7.30. The predicted molar refractivity (Wildman–Crippen MR) is 91.5 cm³/mol. The maximum absolute atomic E-state index is 12.1. The number of pyridine rings is 1. The molecule has 1 saturated heterocycles. The Hall–Kier alpha value is -1.30. The lowest BCUT2D eigenvalue weighted by Crippen LogP contribution is -2.62. The summed E-state index contributed by atoms with van der Waals surface area (Å²) in [6.07, 6.45) is 5.60. The van der Waals surface area contributed by atoms with Gasteiger partial charge < -0.3 is 14.2 Å². The van der Waals surface area contributed by atoms with Crippen LogP contribution in [0.2, 0.25) is 0 Å². The molecule has 2 fully saturated rings. The van der Waals surface area contributed by atoms with Gasteiger partial charge in [-0.05, 0) is 55.5 Å². The van der Waals surface area contributed by atoms with Gasteiger partial charge in [0.25, 0.3) is 5.56 Å². The first-order valence-corrected chi connectivity index (χ1v) is 8.91. The minimum atomic E-state index is -0.178. The summed E-state index contributed by atoms with van der Waals surface area (Å²) in [7, 11) is 1.72. The second kappa shape index (κ2) is 5.96. The van der Waals surface area contributed by atoms with Crippen molar-refractivity contribution in [3.8, 4) is 5.75 Å². The van der Waals surface area contributed by atoms with Gasteiger partial charge in [-0.2, -0.15) is 0 Å². The monoisotopic (exact) mass is 382 g/mol. The van der Waals surface area contributed by atoms with E-state index in [1.54, 1.807) is 13.2 Å². The van der Waals surface area contributed by atoms with Gasteiger partial charge in [0.1, 0.15) is 5.75 Å². The topological polar surface area (TPSA) is 51.5 Å². The molecule has 1 aliphatic carbocycles. The maximum atomic E-state index is 12.1. The number of hydrogen-bond donors (Lipinski definition) is 0. The molecule has 0 bridgehead atoms. The average Bonchev–Trinajstić information content (AvgIpc) is 2.51. The van der Waals surface area contributed by atoms with Crippen LogP contribution in [0.4, 0.5) is 0 Å². The molecule has 0 N–H and O–H groups in total. The molecule has 2 heterocycles. The number of carbonyl (C=O) groups is 1. The number of ether oxygens (including phenoxy) is 1. The van der Waals surface area contributed by atoms with Crippen LogP contribution in [0.25, 0.3) is 0 Å². The summed E-state index contributed by atoms with van der Waals surface area (Å²) in [5, 5.41) is 0. The summed E-state index contributed by atoms with van der Waals surface area (Å²) in [6.45, 7) is 4.88. The first-order valence-electron chi connectivity index (χ1n) is 8.12. The van der Waals surface area contributed by atoms with E-state index in [9.17, 15) is 9.59 Å². The summed E-state index contributed by atoms with van der Waals surface area (Å²) >= 11 is 3.45. The summed E-state index contributed by atoms with van der Waals surface area (Å²) in [5.74, 6) is 0.883. The van der Waals surface area contributed by atoms with E-state index in [4.69, 9.17) is 4.74 Å². The zero-order valence-corrected chi connectivity index (χ0v) is 15.4. The van der Waals surface area contributed by atoms with Crippen molar-refractivity contribution in [1.29, 1.82) is 0 Å². The SMILES string of the molecule is Cn1cc(Br)c(OC2CCC(N3CC(C)(C)C3=O)CC2)cc1=O. The Morgan fingerprint density at radius 1 is 1.22 bits per heavy atom. The molecular formula is C17H23BrN2O3. The average molecular weight is 383 g/mol. The van der Waals surface area contributed by atoms with Gasteiger partial charge in [-0.25, -0.2) is 0 Å². The number of β-lactam (4-membered cyclic amide) rings is 1. The van der Waals surface area contributed by atoms with Crippen molar-refractivity contribution in [3.63, 3.8) is 0 Å². The van der Waals surface area contributed by atoms with Crippen LogP contribution in [-0.2, 0) is 11.8 Å². The van der Waals surface area contributed by atoms with Crippen LogP contribution >= 0.6 is 15.9 Å². The largest absolute Gasteiger partial charge is 0.489 e. The van der Waals surface area contributed by atoms with Gasteiger partial charge in [0, 0.05) is 31.9 Å². The quantitative estimate of drug-likeness (QED) is 0.755. The standard InChI is InChI=1S/C17H23BrN2O3/c1-17(2)10-20(16(17)22)11-4-6-12(7-5-11)23-14-8-15(21)19(3)9-13(14)18/h8-9,11-12H,4-7,10H2,1-3H3. The van der Waals surface area contributed by atoms with Crippen molar-refractivity contribution in [2.75, 3.05) is 6.54 Å². The van der Waals surface area contributed by atoms with Crippen LogP contribution in [0.5, 0.6) is 5.75 Å². The number of carbonyl (C=O) groups excluding carboxylic acids is 1. The highest BCUT2D eigenvalue weighted by atomic mass is 79.9. The van der Waals surface area contributed by atoms with Gasteiger partial charge in [0.05, 0.1) is 16.0 Å². The molecule has 1 aromatic rings. The van der Waals surface area contributed by atoms with E-state index in [0.717, 1.165) is 36.7 Å². The van der Waals surface area contributed by atoms with E-state index in [0.29, 0.717) is 11.8 Å². The fraction of sp³-hybridized carbons (Fsp3) is 0.647. The highest BCUT2D eigenvalue weighted by Crippen LogP contribution is 2.37. The number of nitrogens with zero attached hydrogens (tertiary/aromatic N) is 2. The van der Waals surface area contributed by atoms with Gasteiger partial charge in [-0.15, -0.1) is 0 Å². The third kappa shape index (κ3) is 3.18. The lowest BCUT2D eigenvalue weighted by atomic mass is 9.79. The zero-order chi connectivity index (χ0) is 16.8. The number of hydrogen-bond acceptors (Lipinski definition) is 3. The van der Waals surface area contributed by atoms with E-state index < -0.39 is 0 Å². The first-order chi connectivity index (χ1) is 10.8. The summed E-state index contributed by atoms with van der Waals surface area (Å²) in [4.78, 5) is 25.9. The van der Waals surface area contributed by atoms with E-state index in [1.165, 1.54) is 10.6 Å². The van der Waals surface area contributed by atoms with Crippen LogP contribution < -0.4 is 10.3 Å². The molecule has 2 aliphatic rings. The van der Waals surface area contributed by atoms with Crippen molar-refractivity contribution in [3.05, 3.63) is 27.1 Å². The summed E-state index contributed by atoms with van der Waals surface area (Å²) < 4.78 is 8.32. The minimum absolute atomic E-state index is 0.0784. The Labute approximate surface area is 144 Å².